The van der Waals surface area contributed by atoms with Gasteiger partial charge in [0.15, 0.2) is 0 Å². The van der Waals surface area contributed by atoms with Crippen LogP contribution in [0.1, 0.15) is 36.1 Å². The Labute approximate surface area is 139 Å². The van der Waals surface area contributed by atoms with Crippen molar-refractivity contribution in [2.24, 2.45) is 0 Å². The maximum absolute atomic E-state index is 4.53. The van der Waals surface area contributed by atoms with Gasteiger partial charge >= 0.3 is 0 Å². The fourth-order valence-corrected chi connectivity index (χ4v) is 4.01. The molecule has 6 heteroatoms. The monoisotopic (exact) mass is 325 g/mol. The third-order valence-electron chi connectivity index (χ3n) is 4.31. The van der Waals surface area contributed by atoms with Crippen LogP contribution in [0.3, 0.4) is 0 Å². The Morgan fingerprint density at radius 3 is 2.87 bits per heavy atom. The quantitative estimate of drug-likeness (QED) is 0.737. The molecule has 3 aromatic rings. The summed E-state index contributed by atoms with van der Waals surface area (Å²) in [7, 11) is 0. The summed E-state index contributed by atoms with van der Waals surface area (Å²) in [6.45, 7) is 1.89. The van der Waals surface area contributed by atoms with Gasteiger partial charge in [0.25, 0.3) is 0 Å². The van der Waals surface area contributed by atoms with Crippen LogP contribution in [-0.4, -0.2) is 31.2 Å². The number of likely N-dealkylation sites (tertiary alicyclic amines) is 1. The van der Waals surface area contributed by atoms with Gasteiger partial charge in [-0.15, -0.1) is 11.3 Å². The van der Waals surface area contributed by atoms with E-state index in [1.165, 1.54) is 24.3 Å². The second-order valence-corrected chi connectivity index (χ2v) is 6.70. The van der Waals surface area contributed by atoms with E-state index in [0.717, 1.165) is 24.6 Å². The van der Waals surface area contributed by atoms with Gasteiger partial charge in [0.2, 0.25) is 0 Å². The second-order valence-electron chi connectivity index (χ2n) is 5.78. The van der Waals surface area contributed by atoms with Crippen LogP contribution in [-0.2, 0) is 6.54 Å². The number of rotatable bonds is 4. The maximum atomic E-state index is 4.53. The molecule has 0 saturated carbocycles. The van der Waals surface area contributed by atoms with Gasteiger partial charge in [0.05, 0.1) is 18.3 Å². The molecule has 23 heavy (non-hydrogen) atoms. The smallest absolute Gasteiger partial charge is 0.146 e. The van der Waals surface area contributed by atoms with Crippen LogP contribution in [0.15, 0.2) is 48.2 Å². The standard InChI is InChI=1S/C17H19N5S/c1-2-6-14(7-3-1)22-16(19-13-20-22)12-21-10-5-4-8-15(21)17-18-9-11-23-17/h1-3,6-7,9,11,13,15H,4-5,8,10,12H2/t15-/m1/s1. The Balaban J connectivity index is 1.59. The molecule has 0 spiro atoms. The van der Waals surface area contributed by atoms with Gasteiger partial charge in [-0.1, -0.05) is 24.6 Å². The highest BCUT2D eigenvalue weighted by Gasteiger charge is 2.27. The van der Waals surface area contributed by atoms with Gasteiger partial charge in [-0.05, 0) is 31.5 Å². The number of aromatic nitrogens is 4. The van der Waals surface area contributed by atoms with Gasteiger partial charge in [-0.3, -0.25) is 4.90 Å². The first-order valence-corrected chi connectivity index (χ1v) is 8.87. The molecule has 1 atom stereocenters. The van der Waals surface area contributed by atoms with Crippen molar-refractivity contribution in [1.82, 2.24) is 24.6 Å². The normalized spacial score (nSPS) is 19.0. The Kier molecular flexibility index (Phi) is 4.17. The van der Waals surface area contributed by atoms with Crippen molar-refractivity contribution in [3.63, 3.8) is 0 Å². The highest BCUT2D eigenvalue weighted by Crippen LogP contribution is 2.33. The number of benzene rings is 1. The van der Waals surface area contributed by atoms with Crippen LogP contribution in [0.4, 0.5) is 0 Å². The van der Waals surface area contributed by atoms with Gasteiger partial charge in [0.1, 0.15) is 17.2 Å². The minimum absolute atomic E-state index is 0.407. The van der Waals surface area contributed by atoms with Gasteiger partial charge < -0.3 is 0 Å². The Bertz CT molecular complexity index is 737. The lowest BCUT2D eigenvalue weighted by Crippen LogP contribution is -2.33. The number of hydrogen-bond acceptors (Lipinski definition) is 5. The average molecular weight is 325 g/mol. The van der Waals surface area contributed by atoms with Crippen LogP contribution in [0.2, 0.25) is 0 Å². The summed E-state index contributed by atoms with van der Waals surface area (Å²) in [4.78, 5) is 11.5. The summed E-state index contributed by atoms with van der Waals surface area (Å²) >= 11 is 1.75. The third kappa shape index (κ3) is 3.04. The van der Waals surface area contributed by atoms with Crippen LogP contribution >= 0.6 is 11.3 Å². The maximum Gasteiger partial charge on any atom is 0.146 e. The van der Waals surface area contributed by atoms with E-state index in [-0.39, 0.29) is 0 Å². The lowest BCUT2D eigenvalue weighted by atomic mass is 10.0. The van der Waals surface area contributed by atoms with Crippen molar-refractivity contribution < 1.29 is 0 Å². The molecule has 0 aliphatic carbocycles. The Morgan fingerprint density at radius 1 is 1.13 bits per heavy atom. The van der Waals surface area contributed by atoms with Crippen molar-refractivity contribution in [2.75, 3.05) is 6.54 Å². The van der Waals surface area contributed by atoms with Crippen LogP contribution in [0.25, 0.3) is 5.69 Å². The van der Waals surface area contributed by atoms with E-state index in [1.54, 1.807) is 17.7 Å². The Hall–Kier alpha value is -2.05. The predicted octanol–water partition coefficient (Wildman–Crippen LogP) is 3.45. The number of nitrogens with zero attached hydrogens (tertiary/aromatic N) is 5. The molecular formula is C17H19N5S. The zero-order chi connectivity index (χ0) is 15.5. The summed E-state index contributed by atoms with van der Waals surface area (Å²) in [6, 6.07) is 10.6. The predicted molar refractivity (Wildman–Crippen MR) is 90.5 cm³/mol. The molecule has 0 N–H and O–H groups in total. The van der Waals surface area contributed by atoms with E-state index in [0.29, 0.717) is 6.04 Å². The molecule has 1 aliphatic heterocycles. The lowest BCUT2D eigenvalue weighted by molar-refractivity contribution is 0.135. The zero-order valence-electron chi connectivity index (χ0n) is 12.9. The molecule has 5 nitrogen and oxygen atoms in total. The average Bonchev–Trinajstić information content (AvgIpc) is 3.28. The van der Waals surface area contributed by atoms with E-state index in [1.807, 2.05) is 29.1 Å². The lowest BCUT2D eigenvalue weighted by Gasteiger charge is -2.34. The molecule has 1 aliphatic rings. The fraction of sp³-hybridized carbons (Fsp3) is 0.353. The molecule has 0 bridgehead atoms. The van der Waals surface area contributed by atoms with Gasteiger partial charge in [0, 0.05) is 11.6 Å². The molecular weight excluding hydrogens is 306 g/mol. The number of hydrogen-bond donors (Lipinski definition) is 0. The molecule has 118 valence electrons. The van der Waals surface area contributed by atoms with E-state index < -0.39 is 0 Å². The first-order chi connectivity index (χ1) is 11.4. The summed E-state index contributed by atoms with van der Waals surface area (Å²) in [5.74, 6) is 0.986. The summed E-state index contributed by atoms with van der Waals surface area (Å²) in [5, 5.41) is 7.69. The topological polar surface area (TPSA) is 46.8 Å². The van der Waals surface area contributed by atoms with Crippen molar-refractivity contribution in [2.45, 2.75) is 31.8 Å². The molecule has 4 rings (SSSR count). The molecule has 0 amide bonds. The van der Waals surface area contributed by atoms with E-state index >= 15 is 0 Å². The number of para-hydroxylation sites is 1. The number of thiazole rings is 1. The van der Waals surface area contributed by atoms with E-state index in [9.17, 15) is 0 Å². The molecule has 0 unspecified atom stereocenters. The first-order valence-electron chi connectivity index (χ1n) is 7.99. The minimum atomic E-state index is 0.407. The molecule has 0 radical (unpaired) electrons. The van der Waals surface area contributed by atoms with Gasteiger partial charge in [-0.2, -0.15) is 5.10 Å². The number of piperidine rings is 1. The first kappa shape index (κ1) is 14.5. The second kappa shape index (κ2) is 6.60. The fourth-order valence-electron chi connectivity index (χ4n) is 3.20. The molecule has 1 aromatic carbocycles. The van der Waals surface area contributed by atoms with Crippen molar-refractivity contribution in [1.29, 1.82) is 0 Å². The SMILES string of the molecule is c1ccc(-n2ncnc2CN2CCCC[C@@H]2c2nccs2)cc1. The highest BCUT2D eigenvalue weighted by molar-refractivity contribution is 7.09. The van der Waals surface area contributed by atoms with Crippen LogP contribution < -0.4 is 0 Å². The molecule has 2 aromatic heterocycles. The van der Waals surface area contributed by atoms with E-state index in [4.69, 9.17) is 0 Å². The van der Waals surface area contributed by atoms with Crippen molar-refractivity contribution >= 4 is 11.3 Å². The van der Waals surface area contributed by atoms with Crippen LogP contribution in [0, 0.1) is 0 Å². The molecule has 1 fully saturated rings. The Morgan fingerprint density at radius 2 is 2.04 bits per heavy atom. The molecule has 1 saturated heterocycles. The zero-order valence-corrected chi connectivity index (χ0v) is 13.7. The summed E-state index contributed by atoms with van der Waals surface area (Å²) in [5.41, 5.74) is 1.06. The van der Waals surface area contributed by atoms with Crippen molar-refractivity contribution in [3.05, 3.63) is 59.1 Å². The largest absolute Gasteiger partial charge is 0.286 e. The van der Waals surface area contributed by atoms with E-state index in [2.05, 4.69) is 37.5 Å². The third-order valence-corrected chi connectivity index (χ3v) is 5.19. The highest BCUT2D eigenvalue weighted by atomic mass is 32.1. The summed E-state index contributed by atoms with van der Waals surface area (Å²) < 4.78 is 1.94. The minimum Gasteiger partial charge on any atom is -0.286 e. The van der Waals surface area contributed by atoms with Crippen LogP contribution in [0.5, 0.6) is 0 Å². The summed E-state index contributed by atoms with van der Waals surface area (Å²) in [6.07, 6.45) is 7.23. The van der Waals surface area contributed by atoms with Crippen molar-refractivity contribution in [3.8, 4) is 5.69 Å². The molecule has 3 heterocycles. The van der Waals surface area contributed by atoms with Gasteiger partial charge in [-0.25, -0.2) is 14.6 Å².